The summed E-state index contributed by atoms with van der Waals surface area (Å²) in [7, 11) is 0. The van der Waals surface area contributed by atoms with Crippen LogP contribution in [0, 0.1) is 0 Å². The van der Waals surface area contributed by atoms with Gasteiger partial charge in [0.15, 0.2) is 5.94 Å². The van der Waals surface area contributed by atoms with Crippen LogP contribution in [0.5, 0.6) is 0 Å². The lowest BCUT2D eigenvalue weighted by molar-refractivity contribution is 0.174. The fourth-order valence-corrected chi connectivity index (χ4v) is 1.23. The van der Waals surface area contributed by atoms with Gasteiger partial charge in [-0.05, 0) is 6.42 Å². The molecule has 0 saturated carbocycles. The van der Waals surface area contributed by atoms with Crippen molar-refractivity contribution < 1.29 is 13.7 Å². The SMILES string of the molecule is CCCCCCOSCOC(N)=O. The van der Waals surface area contributed by atoms with E-state index in [2.05, 4.69) is 11.7 Å². The molecule has 0 bridgehead atoms. The van der Waals surface area contributed by atoms with E-state index in [1.54, 1.807) is 0 Å². The number of primary amides is 1. The number of hydrogen-bond donors (Lipinski definition) is 1. The maximum Gasteiger partial charge on any atom is 0.405 e. The molecular formula is C8H17NO3S. The predicted molar refractivity (Wildman–Crippen MR) is 53.2 cm³/mol. The molecule has 78 valence electrons. The van der Waals surface area contributed by atoms with E-state index in [9.17, 15) is 4.79 Å². The van der Waals surface area contributed by atoms with Gasteiger partial charge in [-0.15, -0.1) is 0 Å². The van der Waals surface area contributed by atoms with E-state index < -0.39 is 6.09 Å². The number of ether oxygens (including phenoxy) is 1. The van der Waals surface area contributed by atoms with Gasteiger partial charge < -0.3 is 14.7 Å². The zero-order valence-corrected chi connectivity index (χ0v) is 8.77. The van der Waals surface area contributed by atoms with Gasteiger partial charge in [0, 0.05) is 12.0 Å². The Morgan fingerprint density at radius 2 is 2.15 bits per heavy atom. The number of rotatable bonds is 8. The summed E-state index contributed by atoms with van der Waals surface area (Å²) in [5.41, 5.74) is 4.74. The highest BCUT2D eigenvalue weighted by molar-refractivity contribution is 7.94. The van der Waals surface area contributed by atoms with Gasteiger partial charge in [-0.1, -0.05) is 26.2 Å². The molecule has 0 aromatic carbocycles. The third-order valence-electron chi connectivity index (χ3n) is 1.41. The lowest BCUT2D eigenvalue weighted by Gasteiger charge is -2.02. The fourth-order valence-electron chi connectivity index (χ4n) is 0.763. The van der Waals surface area contributed by atoms with Crippen LogP contribution in [-0.2, 0) is 8.92 Å². The zero-order valence-electron chi connectivity index (χ0n) is 7.95. The van der Waals surface area contributed by atoms with Gasteiger partial charge in [0.05, 0.1) is 6.61 Å². The number of hydrogen-bond acceptors (Lipinski definition) is 4. The number of carbonyl (C=O) groups is 1. The van der Waals surface area contributed by atoms with Crippen LogP contribution < -0.4 is 5.73 Å². The summed E-state index contributed by atoms with van der Waals surface area (Å²) >= 11 is 1.12. The molecule has 0 aliphatic carbocycles. The monoisotopic (exact) mass is 207 g/mol. The van der Waals surface area contributed by atoms with Crippen molar-refractivity contribution in [3.05, 3.63) is 0 Å². The van der Waals surface area contributed by atoms with E-state index in [0.717, 1.165) is 18.5 Å². The van der Waals surface area contributed by atoms with Crippen molar-refractivity contribution in [2.24, 2.45) is 5.73 Å². The topological polar surface area (TPSA) is 61.6 Å². The minimum Gasteiger partial charge on any atom is -0.436 e. The van der Waals surface area contributed by atoms with Crippen LogP contribution >= 0.6 is 12.0 Å². The second-order valence-corrected chi connectivity index (χ2v) is 3.29. The van der Waals surface area contributed by atoms with Crippen molar-refractivity contribution >= 4 is 18.1 Å². The minimum atomic E-state index is -0.762. The third-order valence-corrected chi connectivity index (χ3v) is 1.96. The van der Waals surface area contributed by atoms with Gasteiger partial charge >= 0.3 is 6.09 Å². The highest BCUT2D eigenvalue weighted by atomic mass is 32.2. The van der Waals surface area contributed by atoms with Crippen molar-refractivity contribution in [3.63, 3.8) is 0 Å². The normalized spacial score (nSPS) is 9.92. The molecule has 0 rings (SSSR count). The Morgan fingerprint density at radius 1 is 1.38 bits per heavy atom. The number of carbonyl (C=O) groups excluding carboxylic acids is 1. The molecule has 0 fully saturated rings. The average Bonchev–Trinajstić information content (AvgIpc) is 2.09. The van der Waals surface area contributed by atoms with Gasteiger partial charge in [0.1, 0.15) is 0 Å². The Labute approximate surface area is 83.4 Å². The van der Waals surface area contributed by atoms with E-state index in [1.165, 1.54) is 19.3 Å². The lowest BCUT2D eigenvalue weighted by atomic mass is 10.2. The first-order valence-electron chi connectivity index (χ1n) is 4.44. The smallest absolute Gasteiger partial charge is 0.405 e. The van der Waals surface area contributed by atoms with E-state index in [4.69, 9.17) is 9.92 Å². The quantitative estimate of drug-likeness (QED) is 0.377. The number of nitrogens with two attached hydrogens (primary N) is 1. The van der Waals surface area contributed by atoms with Crippen LogP contribution in [0.2, 0.25) is 0 Å². The Balaban J connectivity index is 2.87. The van der Waals surface area contributed by atoms with Crippen LogP contribution in [0.4, 0.5) is 4.79 Å². The first-order valence-corrected chi connectivity index (χ1v) is 5.35. The molecule has 0 heterocycles. The Bertz CT molecular complexity index is 133. The first kappa shape index (κ1) is 12.6. The summed E-state index contributed by atoms with van der Waals surface area (Å²) in [6.07, 6.45) is 3.94. The summed E-state index contributed by atoms with van der Waals surface area (Å²) < 4.78 is 9.56. The molecule has 13 heavy (non-hydrogen) atoms. The molecule has 4 nitrogen and oxygen atoms in total. The van der Waals surface area contributed by atoms with Crippen molar-refractivity contribution in [3.8, 4) is 0 Å². The standard InChI is InChI=1S/C8H17NO3S/c1-2-3-4-5-6-12-13-7-11-8(9)10/h2-7H2,1H3,(H2,9,10). The molecule has 0 saturated heterocycles. The van der Waals surface area contributed by atoms with Crippen LogP contribution in [0.25, 0.3) is 0 Å². The molecule has 0 unspecified atom stereocenters. The van der Waals surface area contributed by atoms with E-state index in [-0.39, 0.29) is 5.94 Å². The molecule has 5 heteroatoms. The molecule has 1 amide bonds. The summed E-state index contributed by atoms with van der Waals surface area (Å²) in [5.74, 6) is 0.170. The summed E-state index contributed by atoms with van der Waals surface area (Å²) in [6, 6.07) is 0. The van der Waals surface area contributed by atoms with Gasteiger partial charge in [-0.3, -0.25) is 0 Å². The molecule has 0 aromatic heterocycles. The highest BCUT2D eigenvalue weighted by Crippen LogP contribution is 2.06. The third kappa shape index (κ3) is 11.6. The molecule has 0 spiro atoms. The van der Waals surface area contributed by atoms with Crippen LogP contribution in [-0.4, -0.2) is 18.6 Å². The molecule has 2 N–H and O–H groups in total. The molecule has 0 atom stereocenters. The molecule has 0 aliphatic heterocycles. The molecule has 0 aliphatic rings. The Kier molecular flexibility index (Phi) is 9.35. The minimum absolute atomic E-state index is 0.170. The van der Waals surface area contributed by atoms with Gasteiger partial charge in [0.2, 0.25) is 0 Å². The van der Waals surface area contributed by atoms with Crippen molar-refractivity contribution in [1.29, 1.82) is 0 Å². The van der Waals surface area contributed by atoms with Crippen molar-refractivity contribution in [2.75, 3.05) is 12.5 Å². The molecule has 0 radical (unpaired) electrons. The fraction of sp³-hybridized carbons (Fsp3) is 0.875. The van der Waals surface area contributed by atoms with Crippen LogP contribution in [0.1, 0.15) is 32.6 Å². The second-order valence-electron chi connectivity index (χ2n) is 2.58. The summed E-state index contributed by atoms with van der Waals surface area (Å²) in [6.45, 7) is 2.86. The van der Waals surface area contributed by atoms with Crippen molar-refractivity contribution in [2.45, 2.75) is 32.6 Å². The number of amides is 1. The maximum absolute atomic E-state index is 10.1. The predicted octanol–water partition coefficient (Wildman–Crippen LogP) is 2.28. The molecular weight excluding hydrogens is 190 g/mol. The van der Waals surface area contributed by atoms with E-state index >= 15 is 0 Å². The second kappa shape index (κ2) is 9.67. The lowest BCUT2D eigenvalue weighted by Crippen LogP contribution is -2.12. The van der Waals surface area contributed by atoms with Crippen molar-refractivity contribution in [1.82, 2.24) is 0 Å². The number of unbranched alkanes of at least 4 members (excludes halogenated alkanes) is 3. The summed E-state index contributed by atoms with van der Waals surface area (Å²) in [4.78, 5) is 10.1. The molecule has 0 aromatic rings. The largest absolute Gasteiger partial charge is 0.436 e. The van der Waals surface area contributed by atoms with Gasteiger partial charge in [-0.2, -0.15) is 0 Å². The summed E-state index contributed by atoms with van der Waals surface area (Å²) in [5, 5.41) is 0. The van der Waals surface area contributed by atoms with Crippen LogP contribution in [0.3, 0.4) is 0 Å². The highest BCUT2D eigenvalue weighted by Gasteiger charge is 1.94. The van der Waals surface area contributed by atoms with E-state index in [1.807, 2.05) is 0 Å². The average molecular weight is 207 g/mol. The van der Waals surface area contributed by atoms with Crippen LogP contribution in [0.15, 0.2) is 0 Å². The Morgan fingerprint density at radius 3 is 2.77 bits per heavy atom. The van der Waals surface area contributed by atoms with E-state index in [0.29, 0.717) is 6.61 Å². The zero-order chi connectivity index (χ0) is 9.94. The van der Waals surface area contributed by atoms with Gasteiger partial charge in [0.25, 0.3) is 0 Å². The van der Waals surface area contributed by atoms with Gasteiger partial charge in [-0.25, -0.2) is 4.79 Å². The Hall–Kier alpha value is -0.420. The maximum atomic E-state index is 10.1. The first-order chi connectivity index (χ1) is 6.27.